The van der Waals surface area contributed by atoms with E-state index in [4.69, 9.17) is 4.42 Å². The van der Waals surface area contributed by atoms with E-state index in [1.165, 1.54) is 30.5 Å². The van der Waals surface area contributed by atoms with Crippen LogP contribution in [0.5, 0.6) is 0 Å². The topological polar surface area (TPSA) is 88.4 Å². The molecule has 3 rings (SSSR count). The Labute approximate surface area is 143 Å². The average Bonchev–Trinajstić information content (AvgIpc) is 3.15. The van der Waals surface area contributed by atoms with Gasteiger partial charge in [0.2, 0.25) is 0 Å². The fourth-order valence-corrected chi connectivity index (χ4v) is 3.01. The van der Waals surface area contributed by atoms with Gasteiger partial charge in [-0.25, -0.2) is 12.8 Å². The van der Waals surface area contributed by atoms with Crippen molar-refractivity contribution < 1.29 is 22.0 Å². The molecule has 0 bridgehead atoms. The molecule has 1 amide bonds. The fourth-order valence-electron chi connectivity index (χ4n) is 2.15. The summed E-state index contributed by atoms with van der Waals surface area (Å²) in [6, 6.07) is 14.4. The molecule has 3 aromatic rings. The predicted octanol–water partition coefficient (Wildman–Crippen LogP) is 2.71. The van der Waals surface area contributed by atoms with Crippen LogP contribution in [0.1, 0.15) is 10.4 Å². The zero-order valence-corrected chi connectivity index (χ0v) is 13.6. The molecule has 0 aliphatic carbocycles. The third-order valence-electron chi connectivity index (χ3n) is 3.32. The van der Waals surface area contributed by atoms with Gasteiger partial charge in [0, 0.05) is 11.1 Å². The Hall–Kier alpha value is -2.97. The lowest BCUT2D eigenvalue weighted by Crippen LogP contribution is -2.41. The van der Waals surface area contributed by atoms with Crippen molar-refractivity contribution >= 4 is 15.9 Å². The molecule has 0 saturated carbocycles. The van der Waals surface area contributed by atoms with Crippen LogP contribution < -0.4 is 10.3 Å². The van der Waals surface area contributed by atoms with Crippen LogP contribution in [0.3, 0.4) is 0 Å². The summed E-state index contributed by atoms with van der Waals surface area (Å²) in [6.07, 6.45) is 1.42. The summed E-state index contributed by atoms with van der Waals surface area (Å²) in [5, 5.41) is 0. The number of hydrazine groups is 1. The highest BCUT2D eigenvalue weighted by molar-refractivity contribution is 7.89. The van der Waals surface area contributed by atoms with Crippen LogP contribution in [0.4, 0.5) is 4.39 Å². The molecule has 2 N–H and O–H groups in total. The highest BCUT2D eigenvalue weighted by atomic mass is 32.2. The molecule has 1 aromatic heterocycles. The number of halogens is 1. The molecule has 1 heterocycles. The van der Waals surface area contributed by atoms with Crippen LogP contribution in [-0.2, 0) is 10.0 Å². The highest BCUT2D eigenvalue weighted by Gasteiger charge is 2.16. The zero-order valence-electron chi connectivity index (χ0n) is 12.8. The van der Waals surface area contributed by atoms with E-state index in [0.29, 0.717) is 11.3 Å². The van der Waals surface area contributed by atoms with Crippen molar-refractivity contribution in [2.75, 3.05) is 0 Å². The molecule has 0 unspecified atom stereocenters. The maximum Gasteiger partial charge on any atom is 0.266 e. The number of rotatable bonds is 5. The van der Waals surface area contributed by atoms with E-state index in [0.717, 1.165) is 6.07 Å². The summed E-state index contributed by atoms with van der Waals surface area (Å²) in [5.41, 5.74) is 2.37. The van der Waals surface area contributed by atoms with Gasteiger partial charge in [0.25, 0.3) is 15.9 Å². The number of benzene rings is 2. The Balaban J connectivity index is 1.78. The van der Waals surface area contributed by atoms with E-state index >= 15 is 0 Å². The molecule has 0 atom stereocenters. The molecule has 0 fully saturated rings. The summed E-state index contributed by atoms with van der Waals surface area (Å²) < 4.78 is 43.1. The highest BCUT2D eigenvalue weighted by Crippen LogP contribution is 2.22. The van der Waals surface area contributed by atoms with Crippen molar-refractivity contribution in [3.05, 3.63) is 78.3 Å². The number of nitrogens with one attached hydrogen (secondary N) is 2. The van der Waals surface area contributed by atoms with E-state index in [1.54, 1.807) is 30.3 Å². The lowest BCUT2D eigenvalue weighted by Gasteiger charge is -2.09. The molecule has 2 aromatic carbocycles. The van der Waals surface area contributed by atoms with E-state index < -0.39 is 21.7 Å². The summed E-state index contributed by atoms with van der Waals surface area (Å²) in [4.78, 5) is 14.1. The van der Waals surface area contributed by atoms with Crippen molar-refractivity contribution in [1.82, 2.24) is 10.3 Å². The van der Waals surface area contributed by atoms with Gasteiger partial charge in [-0.2, -0.15) is 0 Å². The number of sulfonamides is 1. The molecule has 0 radical (unpaired) electrons. The molecule has 8 heteroatoms. The van der Waals surface area contributed by atoms with Crippen molar-refractivity contribution in [1.29, 1.82) is 0 Å². The summed E-state index contributed by atoms with van der Waals surface area (Å²) in [7, 11) is -3.92. The molecule has 0 aliphatic rings. The van der Waals surface area contributed by atoms with Crippen molar-refractivity contribution in [2.24, 2.45) is 0 Å². The molecule has 0 spiro atoms. The van der Waals surface area contributed by atoms with Crippen LogP contribution in [0, 0.1) is 5.82 Å². The predicted molar refractivity (Wildman–Crippen MR) is 88.3 cm³/mol. The first kappa shape index (κ1) is 16.9. The summed E-state index contributed by atoms with van der Waals surface area (Å²) in [5.74, 6) is -1.06. The van der Waals surface area contributed by atoms with Crippen molar-refractivity contribution in [3.63, 3.8) is 0 Å². The smallest absolute Gasteiger partial charge is 0.266 e. The lowest BCUT2D eigenvalue weighted by atomic mass is 10.1. The Morgan fingerprint density at radius 3 is 2.44 bits per heavy atom. The van der Waals surface area contributed by atoms with Gasteiger partial charge >= 0.3 is 0 Å². The number of hydrogen-bond donors (Lipinski definition) is 2. The molecule has 0 aliphatic heterocycles. The third kappa shape index (κ3) is 3.93. The first-order chi connectivity index (χ1) is 12.0. The van der Waals surface area contributed by atoms with Crippen molar-refractivity contribution in [2.45, 2.75) is 4.90 Å². The molecular weight excluding hydrogens is 347 g/mol. The van der Waals surface area contributed by atoms with Gasteiger partial charge in [0.05, 0.1) is 11.2 Å². The zero-order chi connectivity index (χ0) is 17.9. The van der Waals surface area contributed by atoms with E-state index in [9.17, 15) is 17.6 Å². The molecule has 0 saturated heterocycles. The fraction of sp³-hybridized carbons (Fsp3) is 0. The Morgan fingerprint density at radius 2 is 1.76 bits per heavy atom. The number of carbonyl (C=O) groups is 1. The maximum atomic E-state index is 13.8. The van der Waals surface area contributed by atoms with E-state index in [-0.39, 0.29) is 10.5 Å². The Bertz CT molecular complexity index is 987. The number of carbonyl (C=O) groups excluding carboxylic acids is 1. The molecular formula is C17H13FN2O4S. The quantitative estimate of drug-likeness (QED) is 0.685. The Morgan fingerprint density at radius 1 is 1.00 bits per heavy atom. The van der Waals surface area contributed by atoms with Crippen LogP contribution in [0.15, 0.2) is 76.2 Å². The van der Waals surface area contributed by atoms with Crippen LogP contribution in [0.2, 0.25) is 0 Å². The molecule has 128 valence electrons. The van der Waals surface area contributed by atoms with Gasteiger partial charge in [-0.3, -0.25) is 10.2 Å². The second kappa shape index (κ2) is 6.88. The van der Waals surface area contributed by atoms with Crippen molar-refractivity contribution in [3.8, 4) is 11.3 Å². The van der Waals surface area contributed by atoms with E-state index in [2.05, 4.69) is 5.43 Å². The normalized spacial score (nSPS) is 11.2. The minimum atomic E-state index is -3.92. The third-order valence-corrected chi connectivity index (χ3v) is 4.58. The minimum absolute atomic E-state index is 0.00850. The minimum Gasteiger partial charge on any atom is -0.464 e. The van der Waals surface area contributed by atoms with Crippen LogP contribution in [0.25, 0.3) is 11.3 Å². The average molecular weight is 360 g/mol. The Kier molecular flexibility index (Phi) is 4.64. The SMILES string of the molecule is O=C(NNS(=O)(=O)c1ccccc1)c1cc(F)cc(-c2ccco2)c1. The van der Waals surface area contributed by atoms with Gasteiger partial charge < -0.3 is 4.42 Å². The standard InChI is InChI=1S/C17H13FN2O4S/c18-14-10-12(16-7-4-8-24-16)9-13(11-14)17(21)19-20-25(22,23)15-5-2-1-3-6-15/h1-11,20H,(H,19,21). The lowest BCUT2D eigenvalue weighted by molar-refractivity contribution is 0.0944. The largest absolute Gasteiger partial charge is 0.464 e. The summed E-state index contributed by atoms with van der Waals surface area (Å²) in [6.45, 7) is 0. The second-order valence-electron chi connectivity index (χ2n) is 5.08. The maximum absolute atomic E-state index is 13.8. The van der Waals surface area contributed by atoms with Gasteiger partial charge in [-0.1, -0.05) is 18.2 Å². The van der Waals surface area contributed by atoms with Gasteiger partial charge in [-0.15, -0.1) is 4.83 Å². The number of hydrogen-bond acceptors (Lipinski definition) is 4. The van der Waals surface area contributed by atoms with Gasteiger partial charge in [0.1, 0.15) is 11.6 Å². The second-order valence-corrected chi connectivity index (χ2v) is 6.76. The molecule has 25 heavy (non-hydrogen) atoms. The first-order valence-corrected chi connectivity index (χ1v) is 8.66. The van der Waals surface area contributed by atoms with Crippen LogP contribution in [-0.4, -0.2) is 14.3 Å². The van der Waals surface area contributed by atoms with Gasteiger partial charge in [-0.05, 0) is 42.5 Å². The number of furan rings is 1. The monoisotopic (exact) mass is 360 g/mol. The summed E-state index contributed by atoms with van der Waals surface area (Å²) >= 11 is 0. The van der Waals surface area contributed by atoms with Gasteiger partial charge in [0.15, 0.2) is 0 Å². The first-order valence-electron chi connectivity index (χ1n) is 7.17. The van der Waals surface area contributed by atoms with Crippen LogP contribution >= 0.6 is 0 Å². The van der Waals surface area contributed by atoms with E-state index in [1.807, 2.05) is 4.83 Å². The molecule has 6 nitrogen and oxygen atoms in total. The number of amides is 1.